The van der Waals surface area contributed by atoms with Crippen LogP contribution in [0.2, 0.25) is 0 Å². The van der Waals surface area contributed by atoms with Crippen LogP contribution in [-0.4, -0.2) is 59.7 Å². The van der Waals surface area contributed by atoms with Crippen molar-refractivity contribution < 1.29 is 19.4 Å². The number of likely N-dealkylation sites (N-methyl/N-ethyl adjacent to an activating group) is 1. The van der Waals surface area contributed by atoms with Gasteiger partial charge in [0.05, 0.1) is 15.9 Å². The Balaban J connectivity index is 1.96. The van der Waals surface area contributed by atoms with Crippen molar-refractivity contribution in [3.05, 3.63) is 41.5 Å². The van der Waals surface area contributed by atoms with Gasteiger partial charge in [0, 0.05) is 26.7 Å². The number of aromatic nitrogens is 1. The molecule has 4 rings (SSSR count). The molecule has 0 unspecified atom stereocenters. The molecule has 1 N–H and O–H groups in total. The number of ether oxygens (including phenoxy) is 1. The first-order chi connectivity index (χ1) is 16.2. The fourth-order valence-electron chi connectivity index (χ4n) is 4.97. The molecule has 0 atom stereocenters. The Morgan fingerprint density at radius 3 is 2.50 bits per heavy atom. The number of rotatable bonds is 7. The van der Waals surface area contributed by atoms with Crippen LogP contribution in [0.1, 0.15) is 49.1 Å². The molecular formula is C26H33N3O4S. The first-order valence-corrected chi connectivity index (χ1v) is 12.6. The van der Waals surface area contributed by atoms with Crippen LogP contribution in [0.5, 0.6) is 5.06 Å². The Kier molecular flexibility index (Phi) is 7.28. The van der Waals surface area contributed by atoms with Crippen molar-refractivity contribution >= 4 is 33.6 Å². The maximum atomic E-state index is 12.9. The molecule has 1 saturated carbocycles. The minimum atomic E-state index is -1.32. The second kappa shape index (κ2) is 10.2. The van der Waals surface area contributed by atoms with Crippen molar-refractivity contribution in [1.29, 1.82) is 0 Å². The molecule has 1 fully saturated rings. The van der Waals surface area contributed by atoms with Gasteiger partial charge in [0.2, 0.25) is 5.91 Å². The number of carbonyl (C=O) groups excluding carboxylic acids is 1. The van der Waals surface area contributed by atoms with Crippen molar-refractivity contribution in [1.82, 2.24) is 14.4 Å². The topological polar surface area (TPSA) is 75.0 Å². The molecule has 34 heavy (non-hydrogen) atoms. The van der Waals surface area contributed by atoms with Crippen LogP contribution < -0.4 is 4.74 Å². The second-order valence-corrected chi connectivity index (χ2v) is 10.6. The van der Waals surface area contributed by atoms with E-state index in [9.17, 15) is 14.7 Å². The second-order valence-electron chi connectivity index (χ2n) is 9.56. The van der Waals surface area contributed by atoms with Crippen LogP contribution in [0.15, 0.2) is 30.3 Å². The van der Waals surface area contributed by atoms with Crippen LogP contribution in [0.25, 0.3) is 21.5 Å². The van der Waals surface area contributed by atoms with Crippen LogP contribution in [0.3, 0.4) is 0 Å². The summed E-state index contributed by atoms with van der Waals surface area (Å²) in [4.78, 5) is 27.9. The number of hydrogen-bond acceptors (Lipinski definition) is 5. The minimum absolute atomic E-state index is 0.00954. The lowest BCUT2D eigenvalue weighted by molar-refractivity contribution is -0.129. The molecule has 8 heteroatoms. The molecule has 0 saturated heterocycles. The van der Waals surface area contributed by atoms with Gasteiger partial charge in [0.1, 0.15) is 6.54 Å². The zero-order chi connectivity index (χ0) is 24.4. The highest BCUT2D eigenvalue weighted by Crippen LogP contribution is 2.48. The number of amides is 1. The predicted molar refractivity (Wildman–Crippen MR) is 136 cm³/mol. The summed E-state index contributed by atoms with van der Waals surface area (Å²) < 4.78 is 8.14. The number of benzene rings is 1. The van der Waals surface area contributed by atoms with Crippen molar-refractivity contribution in [3.63, 3.8) is 0 Å². The Bertz CT molecular complexity index is 1190. The lowest BCUT2D eigenvalue weighted by Gasteiger charge is -2.24. The normalized spacial score (nSPS) is 14.6. The molecular weight excluding hydrogens is 450 g/mol. The van der Waals surface area contributed by atoms with E-state index in [-0.39, 0.29) is 12.5 Å². The Hall–Kier alpha value is -2.84. The average Bonchev–Trinajstić information content (AvgIpc) is 3.30. The summed E-state index contributed by atoms with van der Waals surface area (Å²) in [6.07, 6.45) is 4.47. The van der Waals surface area contributed by atoms with E-state index in [2.05, 4.69) is 47.8 Å². The molecule has 0 radical (unpaired) electrons. The summed E-state index contributed by atoms with van der Waals surface area (Å²) >= 11 is 1.37. The Morgan fingerprint density at radius 2 is 1.85 bits per heavy atom. The van der Waals surface area contributed by atoms with Gasteiger partial charge < -0.3 is 24.2 Å². The first-order valence-electron chi connectivity index (χ1n) is 11.8. The first kappa shape index (κ1) is 24.3. The lowest BCUT2D eigenvalue weighted by Crippen LogP contribution is -2.26. The van der Waals surface area contributed by atoms with Gasteiger partial charge in [0.15, 0.2) is 5.06 Å². The summed E-state index contributed by atoms with van der Waals surface area (Å²) in [5, 5.41) is 9.52. The zero-order valence-electron chi connectivity index (χ0n) is 20.3. The van der Waals surface area contributed by atoms with Crippen molar-refractivity contribution in [2.75, 3.05) is 28.2 Å². The van der Waals surface area contributed by atoms with Crippen molar-refractivity contribution in [2.45, 2.75) is 51.1 Å². The monoisotopic (exact) mass is 483 g/mol. The number of fused-ring (bicyclic) bond motifs is 1. The molecule has 182 valence electrons. The van der Waals surface area contributed by atoms with Crippen LogP contribution in [0.4, 0.5) is 4.79 Å². The molecule has 2 heterocycles. The number of carbonyl (C=O) groups is 2. The van der Waals surface area contributed by atoms with E-state index >= 15 is 0 Å². The third-order valence-corrected chi connectivity index (χ3v) is 7.48. The van der Waals surface area contributed by atoms with Gasteiger partial charge in [-0.3, -0.25) is 4.79 Å². The smallest absolute Gasteiger partial charge is 0.449 e. The van der Waals surface area contributed by atoms with E-state index in [1.165, 1.54) is 41.7 Å². The maximum Gasteiger partial charge on any atom is 0.512 e. The van der Waals surface area contributed by atoms with Crippen LogP contribution in [-0.2, 0) is 17.9 Å². The van der Waals surface area contributed by atoms with E-state index in [1.807, 2.05) is 0 Å². The van der Waals surface area contributed by atoms with E-state index in [0.29, 0.717) is 11.0 Å². The number of carboxylic acid groups (broad SMARTS) is 1. The van der Waals surface area contributed by atoms with E-state index in [1.54, 1.807) is 25.1 Å². The highest BCUT2D eigenvalue weighted by Gasteiger charge is 2.29. The molecule has 1 aliphatic rings. The van der Waals surface area contributed by atoms with Gasteiger partial charge >= 0.3 is 6.16 Å². The van der Waals surface area contributed by atoms with E-state index in [0.717, 1.165) is 40.9 Å². The van der Waals surface area contributed by atoms with Crippen LogP contribution >= 0.6 is 11.3 Å². The average molecular weight is 484 g/mol. The van der Waals surface area contributed by atoms with Gasteiger partial charge in [-0.25, -0.2) is 4.79 Å². The Labute approximate surface area is 204 Å². The summed E-state index contributed by atoms with van der Waals surface area (Å²) in [5.74, 6) is 0.362. The zero-order valence-corrected chi connectivity index (χ0v) is 21.2. The molecule has 0 spiro atoms. The van der Waals surface area contributed by atoms with Gasteiger partial charge in [0.25, 0.3) is 0 Å². The van der Waals surface area contributed by atoms with E-state index < -0.39 is 6.16 Å². The SMILES string of the molecule is CN(C)Cc1cccc(-c2c(C3CCCCC3)c3sc(OC(=O)O)cc3n2CC(=O)N(C)C)c1. The molecule has 1 amide bonds. The maximum absolute atomic E-state index is 12.9. The van der Waals surface area contributed by atoms with Crippen LogP contribution in [0, 0.1) is 0 Å². The molecule has 0 bridgehead atoms. The van der Waals surface area contributed by atoms with Crippen molar-refractivity contribution in [3.8, 4) is 16.3 Å². The molecule has 0 aliphatic heterocycles. The fourth-order valence-corrected chi connectivity index (χ4v) is 6.10. The lowest BCUT2D eigenvalue weighted by atomic mass is 9.83. The molecule has 1 aliphatic carbocycles. The predicted octanol–water partition coefficient (Wildman–Crippen LogP) is 5.62. The summed E-state index contributed by atoms with van der Waals surface area (Å²) in [6, 6.07) is 10.3. The standard InChI is InChI=1S/C26H33N3O4S/c1-27(2)15-17-9-8-12-19(13-17)24-23(18-10-6-5-7-11-18)25-20(14-22(34-25)33-26(31)32)29(24)16-21(30)28(3)4/h8-9,12-14,18H,5-7,10-11,15-16H2,1-4H3,(H,31,32). The van der Waals surface area contributed by atoms with Gasteiger partial charge in [-0.05, 0) is 55.6 Å². The fraction of sp³-hybridized carbons (Fsp3) is 0.462. The Morgan fingerprint density at radius 1 is 1.12 bits per heavy atom. The molecule has 2 aromatic heterocycles. The largest absolute Gasteiger partial charge is 0.512 e. The summed E-state index contributed by atoms with van der Waals surface area (Å²) in [6.45, 7) is 1.02. The quantitative estimate of drug-likeness (QED) is 0.441. The van der Waals surface area contributed by atoms with Gasteiger partial charge in [-0.15, -0.1) is 0 Å². The van der Waals surface area contributed by atoms with E-state index in [4.69, 9.17) is 4.74 Å². The third-order valence-electron chi connectivity index (χ3n) is 6.44. The molecule has 3 aromatic rings. The summed E-state index contributed by atoms with van der Waals surface area (Å²) in [7, 11) is 7.63. The molecule has 1 aromatic carbocycles. The summed E-state index contributed by atoms with van der Waals surface area (Å²) in [5.41, 5.74) is 5.47. The number of thiophene rings is 1. The highest BCUT2D eigenvalue weighted by atomic mass is 32.1. The highest BCUT2D eigenvalue weighted by molar-refractivity contribution is 7.21. The number of nitrogens with zero attached hydrogens (tertiary/aromatic N) is 3. The molecule has 7 nitrogen and oxygen atoms in total. The number of hydrogen-bond donors (Lipinski definition) is 1. The minimum Gasteiger partial charge on any atom is -0.449 e. The van der Waals surface area contributed by atoms with Gasteiger partial charge in [-0.2, -0.15) is 0 Å². The van der Waals surface area contributed by atoms with Gasteiger partial charge in [-0.1, -0.05) is 48.8 Å². The van der Waals surface area contributed by atoms with Crippen molar-refractivity contribution in [2.24, 2.45) is 0 Å². The third kappa shape index (κ3) is 5.13.